The molecule has 3 aromatic rings. The summed E-state index contributed by atoms with van der Waals surface area (Å²) >= 11 is 0. The predicted molar refractivity (Wildman–Crippen MR) is 117 cm³/mol. The summed E-state index contributed by atoms with van der Waals surface area (Å²) in [5.74, 6) is 0.743. The zero-order valence-electron chi connectivity index (χ0n) is 18.3. The number of halogens is 3. The molecule has 0 unspecified atom stereocenters. The van der Waals surface area contributed by atoms with Crippen molar-refractivity contribution in [2.24, 2.45) is 7.05 Å². The van der Waals surface area contributed by atoms with Crippen molar-refractivity contribution >= 4 is 28.7 Å². The van der Waals surface area contributed by atoms with Crippen LogP contribution in [0.2, 0.25) is 0 Å². The van der Waals surface area contributed by atoms with Gasteiger partial charge in [0.2, 0.25) is 0 Å². The number of hydrogen-bond donors (Lipinski definition) is 2. The lowest BCUT2D eigenvalue weighted by Crippen LogP contribution is -2.51. The number of nitrogens with zero attached hydrogens (tertiary/aromatic N) is 5. The molecule has 2 N–H and O–H groups in total. The topological polar surface area (TPSA) is 99.1 Å². The minimum absolute atomic E-state index is 0.0473. The second-order valence-corrected chi connectivity index (χ2v) is 8.26. The van der Waals surface area contributed by atoms with Gasteiger partial charge in [-0.2, -0.15) is 13.2 Å². The summed E-state index contributed by atoms with van der Waals surface area (Å²) in [6.07, 6.45) is 0.794. The van der Waals surface area contributed by atoms with Crippen LogP contribution in [-0.2, 0) is 13.2 Å². The molecule has 2 atom stereocenters. The highest BCUT2D eigenvalue weighted by Gasteiger charge is 2.33. The monoisotopic (exact) mass is 463 g/mol. The third-order valence-corrected chi connectivity index (χ3v) is 6.01. The second kappa shape index (κ2) is 8.41. The van der Waals surface area contributed by atoms with Gasteiger partial charge in [0.25, 0.3) is 5.56 Å². The Balaban J connectivity index is 1.45. The first-order valence-electron chi connectivity index (χ1n) is 10.4. The largest absolute Gasteiger partial charge is 0.417 e. The number of carbonyl (C=O) groups is 1. The fourth-order valence-electron chi connectivity index (χ4n) is 4.12. The van der Waals surface area contributed by atoms with Crippen molar-refractivity contribution in [2.75, 3.05) is 23.8 Å². The Morgan fingerprint density at radius 1 is 1.36 bits per heavy atom. The third kappa shape index (κ3) is 4.50. The maximum Gasteiger partial charge on any atom is 0.417 e. The predicted octanol–water partition coefficient (Wildman–Crippen LogP) is 3.20. The molecule has 2 amide bonds. The van der Waals surface area contributed by atoms with E-state index in [9.17, 15) is 22.8 Å². The smallest absolute Gasteiger partial charge is 0.352 e. The van der Waals surface area contributed by atoms with Crippen LogP contribution in [0.1, 0.15) is 25.3 Å². The van der Waals surface area contributed by atoms with Crippen LogP contribution in [0.15, 0.2) is 35.5 Å². The highest BCUT2D eigenvalue weighted by Crippen LogP contribution is 2.30. The van der Waals surface area contributed by atoms with E-state index in [4.69, 9.17) is 0 Å². The number of anilines is 2. The normalized spacial score (nSPS) is 19.0. The highest BCUT2D eigenvalue weighted by atomic mass is 19.4. The fourth-order valence-corrected chi connectivity index (χ4v) is 4.12. The lowest BCUT2D eigenvalue weighted by molar-refractivity contribution is -0.138. The minimum atomic E-state index is -4.63. The van der Waals surface area contributed by atoms with Crippen LogP contribution in [0.5, 0.6) is 0 Å². The Labute approximate surface area is 187 Å². The number of aromatic nitrogens is 4. The number of aryl methyl sites for hydroxylation is 1. The van der Waals surface area contributed by atoms with Gasteiger partial charge < -0.3 is 24.7 Å². The molecule has 0 radical (unpaired) electrons. The number of fused-ring (bicyclic) bond motifs is 1. The van der Waals surface area contributed by atoms with Crippen LogP contribution < -0.4 is 15.8 Å². The molecule has 0 saturated carbocycles. The molecule has 12 heteroatoms. The van der Waals surface area contributed by atoms with Gasteiger partial charge in [0, 0.05) is 45.1 Å². The minimum Gasteiger partial charge on any atom is -0.352 e. The summed E-state index contributed by atoms with van der Waals surface area (Å²) in [4.78, 5) is 40.6. The van der Waals surface area contributed by atoms with Crippen LogP contribution in [0.4, 0.5) is 29.5 Å². The van der Waals surface area contributed by atoms with Gasteiger partial charge in [-0.15, -0.1) is 0 Å². The molecule has 3 aromatic heterocycles. The zero-order chi connectivity index (χ0) is 23.9. The first-order valence-corrected chi connectivity index (χ1v) is 10.4. The number of carbonyl (C=O) groups excluding carboxylic acids is 1. The molecule has 4 heterocycles. The van der Waals surface area contributed by atoms with Gasteiger partial charge in [-0.25, -0.2) is 14.8 Å². The summed E-state index contributed by atoms with van der Waals surface area (Å²) in [5.41, 5.74) is -0.666. The fraction of sp³-hybridized carbons (Fsp3) is 0.429. The number of H-pyrrole nitrogens is 1. The van der Waals surface area contributed by atoms with Gasteiger partial charge in [-0.3, -0.25) is 4.79 Å². The van der Waals surface area contributed by atoms with Crippen LogP contribution in [0, 0.1) is 0 Å². The van der Waals surface area contributed by atoms with E-state index >= 15 is 0 Å². The van der Waals surface area contributed by atoms with Crippen molar-refractivity contribution in [1.29, 1.82) is 0 Å². The van der Waals surface area contributed by atoms with Gasteiger partial charge in [-0.05, 0) is 31.9 Å². The number of aromatic amines is 1. The van der Waals surface area contributed by atoms with Crippen molar-refractivity contribution in [3.8, 4) is 0 Å². The molecule has 1 fully saturated rings. The molecule has 0 spiro atoms. The number of alkyl halides is 3. The number of pyridine rings is 1. The molecule has 33 heavy (non-hydrogen) atoms. The summed E-state index contributed by atoms with van der Waals surface area (Å²) in [5, 5.41) is 2.35. The Morgan fingerprint density at radius 3 is 2.82 bits per heavy atom. The highest BCUT2D eigenvalue weighted by molar-refractivity contribution is 5.89. The first-order chi connectivity index (χ1) is 15.5. The van der Waals surface area contributed by atoms with Gasteiger partial charge in [0.05, 0.1) is 11.8 Å². The number of nitrogens with one attached hydrogen (secondary N) is 2. The van der Waals surface area contributed by atoms with E-state index in [1.165, 1.54) is 11.9 Å². The van der Waals surface area contributed by atoms with Crippen LogP contribution in [0.3, 0.4) is 0 Å². The van der Waals surface area contributed by atoms with Gasteiger partial charge in [0.1, 0.15) is 17.0 Å². The van der Waals surface area contributed by atoms with E-state index in [1.54, 1.807) is 19.4 Å². The Kier molecular flexibility index (Phi) is 5.76. The van der Waals surface area contributed by atoms with E-state index in [2.05, 4.69) is 25.2 Å². The molecule has 1 saturated heterocycles. The molecule has 4 rings (SSSR count). The van der Waals surface area contributed by atoms with Crippen molar-refractivity contribution in [2.45, 2.75) is 38.0 Å². The lowest BCUT2D eigenvalue weighted by atomic mass is 9.97. The summed E-state index contributed by atoms with van der Waals surface area (Å²) in [6.45, 7) is 2.64. The first kappa shape index (κ1) is 22.6. The maximum atomic E-state index is 13.1. The quantitative estimate of drug-likeness (QED) is 0.622. The van der Waals surface area contributed by atoms with Crippen LogP contribution in [-0.4, -0.2) is 56.1 Å². The molecule has 9 nitrogen and oxygen atoms in total. The van der Waals surface area contributed by atoms with Crippen molar-refractivity contribution < 1.29 is 18.0 Å². The van der Waals surface area contributed by atoms with E-state index in [0.717, 1.165) is 15.9 Å². The molecule has 0 aromatic carbocycles. The average molecular weight is 463 g/mol. The molecular formula is C21H24F3N7O2. The van der Waals surface area contributed by atoms with E-state index < -0.39 is 29.0 Å². The Hall–Kier alpha value is -3.57. The third-order valence-electron chi connectivity index (χ3n) is 6.01. The Morgan fingerprint density at radius 2 is 2.12 bits per heavy atom. The SMILES string of the molecule is C[C@H]1C[C@@H](N(C)C(=O)Nc2cc(C(F)(F)F)cn(C)c2=O)CCN1c1cnc2[nH]ccc2n1. The maximum absolute atomic E-state index is 13.1. The van der Waals surface area contributed by atoms with Crippen molar-refractivity contribution in [3.05, 3.63) is 46.6 Å². The van der Waals surface area contributed by atoms with Crippen LogP contribution >= 0.6 is 0 Å². The number of urea groups is 1. The zero-order valence-corrected chi connectivity index (χ0v) is 18.3. The van der Waals surface area contributed by atoms with E-state index in [1.807, 2.05) is 13.0 Å². The Bertz CT molecular complexity index is 1240. The summed E-state index contributed by atoms with van der Waals surface area (Å²) < 4.78 is 40.1. The van der Waals surface area contributed by atoms with Gasteiger partial charge in [-0.1, -0.05) is 0 Å². The van der Waals surface area contributed by atoms with Gasteiger partial charge >= 0.3 is 12.2 Å². The van der Waals surface area contributed by atoms with Crippen LogP contribution in [0.25, 0.3) is 11.2 Å². The molecular weight excluding hydrogens is 439 g/mol. The average Bonchev–Trinajstić information content (AvgIpc) is 3.23. The molecule has 176 valence electrons. The standard InChI is InChI=1S/C21H24F3N7O2/c1-12-8-14(5-7-31(12)17-10-26-18-15(27-17)4-6-25-18)30(3)20(33)28-16-9-13(21(22,23)24)11-29(2)19(16)32/h4,6,9-12,14H,5,7-8H2,1-3H3,(H,25,26)(H,28,33)/t12-,14-/m0/s1. The molecule has 0 aliphatic carbocycles. The second-order valence-electron chi connectivity index (χ2n) is 8.26. The summed E-state index contributed by atoms with van der Waals surface area (Å²) in [7, 11) is 2.79. The van der Waals surface area contributed by atoms with Gasteiger partial charge in [0.15, 0.2) is 5.65 Å². The molecule has 1 aliphatic heterocycles. The molecule has 1 aliphatic rings. The number of piperidine rings is 1. The number of rotatable bonds is 3. The number of hydrogen-bond acceptors (Lipinski definition) is 5. The van der Waals surface area contributed by atoms with E-state index in [0.29, 0.717) is 37.3 Å². The van der Waals surface area contributed by atoms with E-state index in [-0.39, 0.29) is 12.1 Å². The van der Waals surface area contributed by atoms with Crippen molar-refractivity contribution in [1.82, 2.24) is 24.4 Å². The van der Waals surface area contributed by atoms with Crippen molar-refractivity contribution in [3.63, 3.8) is 0 Å². The molecule has 0 bridgehead atoms. The number of amides is 2. The summed E-state index contributed by atoms with van der Waals surface area (Å²) in [6, 6.07) is 1.76. The lowest BCUT2D eigenvalue weighted by Gasteiger charge is -2.41.